The Bertz CT molecular complexity index is 1360. The standard InChI is InChI=1S/C26H34N6O8/c1-3-32-20(14-17(2)30-32)25(37)29-26-28-19-15-18(24(27)36)16-21(23(19)31(26)7-4-5-8-33)40-13-12-39-11-10-38-9-6-22(34)35/h4-5,14-16,33H,3,6-13H2,1-2H3,(H2,27,36)(H,34,35)(H,28,29,37). The molecule has 0 unspecified atom stereocenters. The molecule has 3 rings (SSSR count). The van der Waals surface area contributed by atoms with E-state index in [-0.39, 0.29) is 64.1 Å². The number of imidazole rings is 1. The third-order valence-electron chi connectivity index (χ3n) is 5.63. The molecule has 40 heavy (non-hydrogen) atoms. The van der Waals surface area contributed by atoms with Gasteiger partial charge in [0.25, 0.3) is 5.91 Å². The second-order valence-electron chi connectivity index (χ2n) is 8.56. The largest absolute Gasteiger partial charge is 0.489 e. The van der Waals surface area contributed by atoms with Gasteiger partial charge in [0.15, 0.2) is 0 Å². The highest BCUT2D eigenvalue weighted by Gasteiger charge is 2.21. The number of hydrogen-bond donors (Lipinski definition) is 4. The number of nitrogens with one attached hydrogen (secondary N) is 1. The number of amides is 2. The Hall–Kier alpha value is -4.27. The van der Waals surface area contributed by atoms with Crippen LogP contribution in [0.5, 0.6) is 5.75 Å². The van der Waals surface area contributed by atoms with Crippen molar-refractivity contribution in [3.63, 3.8) is 0 Å². The molecule has 0 bridgehead atoms. The minimum atomic E-state index is -0.935. The number of nitrogens with two attached hydrogens (primary N) is 1. The molecule has 0 saturated heterocycles. The average molecular weight is 559 g/mol. The van der Waals surface area contributed by atoms with E-state index in [1.807, 2.05) is 6.92 Å². The summed E-state index contributed by atoms with van der Waals surface area (Å²) in [7, 11) is 0. The summed E-state index contributed by atoms with van der Waals surface area (Å²) in [5, 5.41) is 25.0. The van der Waals surface area contributed by atoms with Gasteiger partial charge in [0.2, 0.25) is 11.9 Å². The number of aliphatic carboxylic acids is 1. The molecule has 0 spiro atoms. The van der Waals surface area contributed by atoms with Crippen molar-refractivity contribution in [2.24, 2.45) is 5.73 Å². The second-order valence-corrected chi connectivity index (χ2v) is 8.56. The third kappa shape index (κ3) is 8.11. The number of aryl methyl sites for hydroxylation is 2. The van der Waals surface area contributed by atoms with E-state index in [0.717, 1.165) is 0 Å². The number of benzene rings is 1. The predicted molar refractivity (Wildman–Crippen MR) is 144 cm³/mol. The Morgan fingerprint density at radius 1 is 1.07 bits per heavy atom. The SMILES string of the molecule is CCn1nc(C)cc1C(=O)Nc1nc2cc(C(N)=O)cc(OCCOCCOCCC(=O)O)c2n1CC=CCO. The first-order chi connectivity index (χ1) is 19.2. The van der Waals surface area contributed by atoms with Crippen molar-refractivity contribution in [1.29, 1.82) is 0 Å². The lowest BCUT2D eigenvalue weighted by Gasteiger charge is -2.13. The summed E-state index contributed by atoms with van der Waals surface area (Å²) in [6, 6.07) is 4.68. The van der Waals surface area contributed by atoms with Gasteiger partial charge in [-0.05, 0) is 32.0 Å². The second kappa shape index (κ2) is 14.8. The van der Waals surface area contributed by atoms with Crippen LogP contribution in [0.15, 0.2) is 30.4 Å². The van der Waals surface area contributed by atoms with Crippen molar-refractivity contribution in [1.82, 2.24) is 19.3 Å². The molecule has 0 aliphatic carbocycles. The molecule has 14 heteroatoms. The van der Waals surface area contributed by atoms with Crippen LogP contribution in [0.1, 0.15) is 39.9 Å². The van der Waals surface area contributed by atoms with Gasteiger partial charge in [-0.3, -0.25) is 24.4 Å². The summed E-state index contributed by atoms with van der Waals surface area (Å²) in [6.07, 6.45) is 3.18. The minimum Gasteiger partial charge on any atom is -0.489 e. The summed E-state index contributed by atoms with van der Waals surface area (Å²) in [6.45, 7) is 5.11. The Kier molecular flexibility index (Phi) is 11.2. The third-order valence-corrected chi connectivity index (χ3v) is 5.63. The highest BCUT2D eigenvalue weighted by atomic mass is 16.5. The van der Waals surface area contributed by atoms with Crippen molar-refractivity contribution in [3.05, 3.63) is 47.3 Å². The van der Waals surface area contributed by atoms with Crippen LogP contribution in [-0.2, 0) is 27.4 Å². The fraction of sp³-hybridized carbons (Fsp3) is 0.423. The zero-order chi connectivity index (χ0) is 29.1. The first-order valence-electron chi connectivity index (χ1n) is 12.7. The number of carbonyl (C=O) groups is 3. The zero-order valence-electron chi connectivity index (χ0n) is 22.5. The summed E-state index contributed by atoms with van der Waals surface area (Å²) < 4.78 is 19.9. The van der Waals surface area contributed by atoms with Crippen LogP contribution in [0.4, 0.5) is 5.95 Å². The van der Waals surface area contributed by atoms with Gasteiger partial charge < -0.3 is 34.7 Å². The average Bonchev–Trinajstić information content (AvgIpc) is 3.47. The highest BCUT2D eigenvalue weighted by molar-refractivity contribution is 6.04. The number of nitrogens with zero attached hydrogens (tertiary/aromatic N) is 4. The maximum absolute atomic E-state index is 13.2. The molecule has 5 N–H and O–H groups in total. The van der Waals surface area contributed by atoms with Crippen molar-refractivity contribution >= 4 is 34.8 Å². The van der Waals surface area contributed by atoms with Gasteiger partial charge in [0, 0.05) is 18.7 Å². The van der Waals surface area contributed by atoms with Gasteiger partial charge in [-0.2, -0.15) is 5.10 Å². The quantitative estimate of drug-likeness (QED) is 0.139. The Labute approximate surface area is 230 Å². The number of primary amides is 1. The molecular weight excluding hydrogens is 524 g/mol. The van der Waals surface area contributed by atoms with Crippen LogP contribution in [-0.4, -0.2) is 87.0 Å². The van der Waals surface area contributed by atoms with Crippen LogP contribution in [0.2, 0.25) is 0 Å². The molecule has 2 heterocycles. The van der Waals surface area contributed by atoms with E-state index in [1.165, 1.54) is 12.1 Å². The van der Waals surface area contributed by atoms with Crippen LogP contribution >= 0.6 is 0 Å². The van der Waals surface area contributed by atoms with E-state index in [1.54, 1.807) is 34.4 Å². The van der Waals surface area contributed by atoms with Gasteiger partial charge in [0.1, 0.15) is 23.6 Å². The molecule has 0 fully saturated rings. The van der Waals surface area contributed by atoms with Crippen molar-refractivity contribution in [2.45, 2.75) is 33.4 Å². The summed E-state index contributed by atoms with van der Waals surface area (Å²) in [4.78, 5) is 40.2. The van der Waals surface area contributed by atoms with Crippen molar-refractivity contribution in [3.8, 4) is 5.75 Å². The van der Waals surface area contributed by atoms with Crippen LogP contribution in [0, 0.1) is 6.92 Å². The lowest BCUT2D eigenvalue weighted by molar-refractivity contribution is -0.138. The number of hydrogen-bond acceptors (Lipinski definition) is 9. The molecule has 3 aromatic rings. The number of aromatic nitrogens is 4. The van der Waals surface area contributed by atoms with Gasteiger partial charge in [-0.1, -0.05) is 12.2 Å². The van der Waals surface area contributed by atoms with E-state index >= 15 is 0 Å². The number of allylic oxidation sites excluding steroid dienone is 1. The molecule has 0 radical (unpaired) electrons. The fourth-order valence-electron chi connectivity index (χ4n) is 3.84. The Morgan fingerprint density at radius 3 is 2.48 bits per heavy atom. The number of ether oxygens (including phenoxy) is 3. The summed E-state index contributed by atoms with van der Waals surface area (Å²) in [5.41, 5.74) is 7.64. The van der Waals surface area contributed by atoms with E-state index in [9.17, 15) is 19.5 Å². The zero-order valence-corrected chi connectivity index (χ0v) is 22.5. The van der Waals surface area contributed by atoms with Crippen molar-refractivity contribution in [2.75, 3.05) is 45.0 Å². The number of carboxylic acid groups (broad SMARTS) is 1. The van der Waals surface area contributed by atoms with E-state index in [2.05, 4.69) is 15.4 Å². The lowest BCUT2D eigenvalue weighted by atomic mass is 10.1. The molecule has 0 saturated carbocycles. The number of carbonyl (C=O) groups excluding carboxylic acids is 2. The lowest BCUT2D eigenvalue weighted by Crippen LogP contribution is -2.20. The number of aliphatic hydroxyl groups is 1. The molecular formula is C26H34N6O8. The molecule has 0 atom stereocenters. The highest BCUT2D eigenvalue weighted by Crippen LogP contribution is 2.31. The molecule has 216 valence electrons. The first kappa shape index (κ1) is 30.3. The normalized spacial score (nSPS) is 11.4. The van der Waals surface area contributed by atoms with Gasteiger partial charge in [-0.25, -0.2) is 4.98 Å². The molecule has 0 aliphatic rings. The molecule has 2 amide bonds. The van der Waals surface area contributed by atoms with E-state index < -0.39 is 17.8 Å². The number of aliphatic hydroxyl groups excluding tert-OH is 1. The molecule has 1 aromatic carbocycles. The predicted octanol–water partition coefficient (Wildman–Crippen LogP) is 1.35. The van der Waals surface area contributed by atoms with Gasteiger partial charge in [0.05, 0.1) is 50.7 Å². The Balaban J connectivity index is 1.84. The van der Waals surface area contributed by atoms with Crippen molar-refractivity contribution < 1.29 is 38.8 Å². The Morgan fingerprint density at radius 2 is 1.80 bits per heavy atom. The monoisotopic (exact) mass is 558 g/mol. The smallest absolute Gasteiger partial charge is 0.305 e. The fourth-order valence-corrected chi connectivity index (χ4v) is 3.84. The maximum Gasteiger partial charge on any atom is 0.305 e. The van der Waals surface area contributed by atoms with Gasteiger partial charge >= 0.3 is 5.97 Å². The number of anilines is 1. The van der Waals surface area contributed by atoms with E-state index in [0.29, 0.717) is 34.7 Å². The first-order valence-corrected chi connectivity index (χ1v) is 12.7. The van der Waals surface area contributed by atoms with Crippen LogP contribution in [0.3, 0.4) is 0 Å². The number of rotatable bonds is 17. The molecule has 0 aliphatic heterocycles. The minimum absolute atomic E-state index is 0.0825. The number of fused-ring (bicyclic) bond motifs is 1. The van der Waals surface area contributed by atoms with E-state index in [4.69, 9.17) is 25.1 Å². The summed E-state index contributed by atoms with van der Waals surface area (Å²) in [5.74, 6) is -1.53. The maximum atomic E-state index is 13.2. The van der Waals surface area contributed by atoms with Gasteiger partial charge in [-0.15, -0.1) is 0 Å². The topological polar surface area (TPSA) is 193 Å². The molecule has 2 aromatic heterocycles. The number of carboxylic acids is 1. The summed E-state index contributed by atoms with van der Waals surface area (Å²) >= 11 is 0. The molecule has 14 nitrogen and oxygen atoms in total. The van der Waals surface area contributed by atoms with Crippen LogP contribution in [0.25, 0.3) is 11.0 Å². The van der Waals surface area contributed by atoms with Crippen LogP contribution < -0.4 is 15.8 Å².